The summed E-state index contributed by atoms with van der Waals surface area (Å²) < 4.78 is 0. The molecule has 0 nitrogen and oxygen atoms in total. The van der Waals surface area contributed by atoms with Crippen LogP contribution >= 0.6 is 11.8 Å². The zero-order valence-electron chi connectivity index (χ0n) is 14.4. The van der Waals surface area contributed by atoms with E-state index >= 15 is 0 Å². The third-order valence-corrected chi connectivity index (χ3v) is 5.26. The summed E-state index contributed by atoms with van der Waals surface area (Å²) >= 11 is 2.14. The molecule has 0 atom stereocenters. The average molecular weight is 301 g/mol. The van der Waals surface area contributed by atoms with E-state index in [4.69, 9.17) is 0 Å². The van der Waals surface area contributed by atoms with E-state index in [0.717, 1.165) is 0 Å². The molecule has 0 heterocycles. The first-order valence-electron chi connectivity index (χ1n) is 9.49. The van der Waals surface area contributed by atoms with Gasteiger partial charge in [-0.05, 0) is 24.3 Å². The molecule has 0 aliphatic rings. The van der Waals surface area contributed by atoms with E-state index in [-0.39, 0.29) is 0 Å². The normalized spacial score (nSPS) is 11.1. The van der Waals surface area contributed by atoms with Gasteiger partial charge in [-0.25, -0.2) is 0 Å². The van der Waals surface area contributed by atoms with Crippen molar-refractivity contribution in [2.24, 2.45) is 0 Å². The molecular formula is C19H40S. The highest BCUT2D eigenvalue weighted by atomic mass is 32.2. The van der Waals surface area contributed by atoms with Crippen LogP contribution in [0.4, 0.5) is 0 Å². The Hall–Kier alpha value is 0.350. The van der Waals surface area contributed by atoms with Crippen molar-refractivity contribution < 1.29 is 0 Å². The SMILES string of the molecule is CCCCCCCCCCCCCCCCSCCC. The average Bonchev–Trinajstić information content (AvgIpc) is 2.47. The summed E-state index contributed by atoms with van der Waals surface area (Å²) in [5, 5.41) is 0. The molecular weight excluding hydrogens is 260 g/mol. The highest BCUT2D eigenvalue weighted by Gasteiger charge is 1.94. The Morgan fingerprint density at radius 3 is 1.20 bits per heavy atom. The van der Waals surface area contributed by atoms with Crippen LogP contribution in [-0.2, 0) is 0 Å². The lowest BCUT2D eigenvalue weighted by atomic mass is 10.0. The van der Waals surface area contributed by atoms with Crippen LogP contribution in [0.5, 0.6) is 0 Å². The summed E-state index contributed by atoms with van der Waals surface area (Å²) in [6.07, 6.45) is 21.9. The Morgan fingerprint density at radius 1 is 0.400 bits per heavy atom. The first-order valence-corrected chi connectivity index (χ1v) is 10.6. The molecule has 1 heteroatoms. The second kappa shape index (κ2) is 19.4. The number of hydrogen-bond acceptors (Lipinski definition) is 1. The van der Waals surface area contributed by atoms with Gasteiger partial charge in [-0.1, -0.05) is 97.3 Å². The Labute approximate surface area is 133 Å². The monoisotopic (exact) mass is 300 g/mol. The quantitative estimate of drug-likeness (QED) is 0.249. The van der Waals surface area contributed by atoms with Crippen molar-refractivity contribution in [3.05, 3.63) is 0 Å². The highest BCUT2D eigenvalue weighted by molar-refractivity contribution is 7.99. The van der Waals surface area contributed by atoms with Crippen LogP contribution in [0.3, 0.4) is 0 Å². The molecule has 0 aromatic rings. The molecule has 0 aliphatic heterocycles. The number of rotatable bonds is 17. The predicted molar refractivity (Wildman–Crippen MR) is 97.9 cm³/mol. The van der Waals surface area contributed by atoms with Crippen molar-refractivity contribution in [2.75, 3.05) is 11.5 Å². The van der Waals surface area contributed by atoms with Gasteiger partial charge in [0.1, 0.15) is 0 Å². The molecule has 122 valence electrons. The van der Waals surface area contributed by atoms with Gasteiger partial charge in [0.25, 0.3) is 0 Å². The van der Waals surface area contributed by atoms with E-state index in [2.05, 4.69) is 25.6 Å². The fourth-order valence-corrected chi connectivity index (χ4v) is 3.55. The van der Waals surface area contributed by atoms with Gasteiger partial charge in [0.05, 0.1) is 0 Å². The number of hydrogen-bond donors (Lipinski definition) is 0. The minimum Gasteiger partial charge on any atom is -0.162 e. The largest absolute Gasteiger partial charge is 0.162 e. The van der Waals surface area contributed by atoms with Crippen molar-refractivity contribution in [2.45, 2.75) is 110 Å². The molecule has 0 saturated carbocycles. The van der Waals surface area contributed by atoms with Crippen LogP contribution < -0.4 is 0 Å². The summed E-state index contributed by atoms with van der Waals surface area (Å²) in [5.74, 6) is 2.75. The van der Waals surface area contributed by atoms with E-state index in [0.29, 0.717) is 0 Å². The molecule has 0 aliphatic carbocycles. The zero-order chi connectivity index (χ0) is 14.7. The van der Waals surface area contributed by atoms with Gasteiger partial charge in [0.15, 0.2) is 0 Å². The van der Waals surface area contributed by atoms with Crippen molar-refractivity contribution >= 4 is 11.8 Å². The Balaban J connectivity index is 2.89. The van der Waals surface area contributed by atoms with Crippen LogP contribution in [0.2, 0.25) is 0 Å². The Morgan fingerprint density at radius 2 is 0.800 bits per heavy atom. The fourth-order valence-electron chi connectivity index (χ4n) is 2.65. The molecule has 0 spiro atoms. The molecule has 0 bridgehead atoms. The van der Waals surface area contributed by atoms with Gasteiger partial charge >= 0.3 is 0 Å². The molecule has 0 unspecified atom stereocenters. The molecule has 0 fully saturated rings. The van der Waals surface area contributed by atoms with Gasteiger partial charge in [-0.3, -0.25) is 0 Å². The van der Waals surface area contributed by atoms with Gasteiger partial charge in [-0.2, -0.15) is 11.8 Å². The number of thioether (sulfide) groups is 1. The number of unbranched alkanes of at least 4 members (excludes halogenated alkanes) is 13. The molecule has 0 amide bonds. The molecule has 0 rings (SSSR count). The summed E-state index contributed by atoms with van der Waals surface area (Å²) in [6, 6.07) is 0. The molecule has 0 N–H and O–H groups in total. The predicted octanol–water partition coefficient (Wildman–Crippen LogP) is 7.61. The standard InChI is InChI=1S/C19H40S/c1-3-5-6-7-8-9-10-11-12-13-14-15-16-17-19-20-18-4-2/h3-19H2,1-2H3. The lowest BCUT2D eigenvalue weighted by Crippen LogP contribution is -1.85. The van der Waals surface area contributed by atoms with E-state index in [1.54, 1.807) is 0 Å². The van der Waals surface area contributed by atoms with Gasteiger partial charge in [0.2, 0.25) is 0 Å². The van der Waals surface area contributed by atoms with Crippen molar-refractivity contribution in [3.63, 3.8) is 0 Å². The molecule has 0 saturated heterocycles. The minimum atomic E-state index is 1.34. The Kier molecular flexibility index (Phi) is 19.7. The van der Waals surface area contributed by atoms with E-state index < -0.39 is 0 Å². The van der Waals surface area contributed by atoms with E-state index in [9.17, 15) is 0 Å². The van der Waals surface area contributed by atoms with E-state index in [1.807, 2.05) is 0 Å². The topological polar surface area (TPSA) is 0 Å². The molecule has 0 aromatic carbocycles. The maximum atomic E-state index is 2.30. The van der Waals surface area contributed by atoms with Crippen molar-refractivity contribution in [1.29, 1.82) is 0 Å². The van der Waals surface area contributed by atoms with Gasteiger partial charge < -0.3 is 0 Å². The van der Waals surface area contributed by atoms with Crippen molar-refractivity contribution in [1.82, 2.24) is 0 Å². The maximum Gasteiger partial charge on any atom is -0.00675 e. The minimum absolute atomic E-state index is 1.34. The lowest BCUT2D eigenvalue weighted by Gasteiger charge is -2.03. The third-order valence-electron chi connectivity index (χ3n) is 3.99. The van der Waals surface area contributed by atoms with Gasteiger partial charge in [0, 0.05) is 0 Å². The van der Waals surface area contributed by atoms with Crippen molar-refractivity contribution in [3.8, 4) is 0 Å². The van der Waals surface area contributed by atoms with Crippen LogP contribution in [0, 0.1) is 0 Å². The highest BCUT2D eigenvalue weighted by Crippen LogP contribution is 2.14. The summed E-state index contributed by atoms with van der Waals surface area (Å²) in [7, 11) is 0. The van der Waals surface area contributed by atoms with Crippen LogP contribution in [0.15, 0.2) is 0 Å². The summed E-state index contributed by atoms with van der Waals surface area (Å²) in [5.41, 5.74) is 0. The second-order valence-corrected chi connectivity index (χ2v) is 7.43. The first-order chi connectivity index (χ1) is 9.91. The van der Waals surface area contributed by atoms with Crippen LogP contribution in [-0.4, -0.2) is 11.5 Å². The zero-order valence-corrected chi connectivity index (χ0v) is 15.2. The lowest BCUT2D eigenvalue weighted by molar-refractivity contribution is 0.538. The molecule has 0 aromatic heterocycles. The summed E-state index contributed by atoms with van der Waals surface area (Å²) in [6.45, 7) is 4.57. The Bertz CT molecular complexity index is 138. The third kappa shape index (κ3) is 18.4. The molecule has 0 radical (unpaired) electrons. The van der Waals surface area contributed by atoms with E-state index in [1.165, 1.54) is 108 Å². The van der Waals surface area contributed by atoms with Gasteiger partial charge in [-0.15, -0.1) is 0 Å². The van der Waals surface area contributed by atoms with Crippen LogP contribution in [0.1, 0.15) is 110 Å². The fraction of sp³-hybridized carbons (Fsp3) is 1.00. The smallest absolute Gasteiger partial charge is 0.00675 e. The van der Waals surface area contributed by atoms with Crippen LogP contribution in [0.25, 0.3) is 0 Å². The molecule has 20 heavy (non-hydrogen) atoms. The maximum absolute atomic E-state index is 2.30. The summed E-state index contributed by atoms with van der Waals surface area (Å²) in [4.78, 5) is 0. The second-order valence-electron chi connectivity index (χ2n) is 6.21. The first kappa shape index (κ1) is 20.3.